The van der Waals surface area contributed by atoms with Gasteiger partial charge in [-0.25, -0.2) is 4.98 Å². The van der Waals surface area contributed by atoms with Crippen molar-refractivity contribution in [1.82, 2.24) is 19.9 Å². The summed E-state index contributed by atoms with van der Waals surface area (Å²) in [6.07, 6.45) is 2.97. The molecular weight excluding hydrogens is 344 g/mol. The molecule has 2 aromatic heterocycles. The number of benzene rings is 1. The summed E-state index contributed by atoms with van der Waals surface area (Å²) in [5.41, 5.74) is 3.79. The molecule has 7 nitrogen and oxygen atoms in total. The number of hydrogen-bond donors (Lipinski definition) is 2. The number of imidazole rings is 1. The standard InChI is InChI=1S/C20H20N4O3/c1-12-6-15(18(25)8-21-12)20(26)24-9-16(19-17(10-24)22-11-23-19)13-4-3-5-14(7-13)27-2/h3-8,11,16,25H,9-10H2,1-2H3,(H,22,23). The van der Waals surface area contributed by atoms with Gasteiger partial charge in [-0.15, -0.1) is 0 Å². The zero-order valence-electron chi connectivity index (χ0n) is 15.1. The van der Waals surface area contributed by atoms with Crippen molar-refractivity contribution in [2.75, 3.05) is 13.7 Å². The molecule has 1 aliphatic heterocycles. The topological polar surface area (TPSA) is 91.3 Å². The molecule has 0 spiro atoms. The van der Waals surface area contributed by atoms with Crippen LogP contribution in [-0.4, -0.2) is 44.5 Å². The number of hydrogen-bond acceptors (Lipinski definition) is 5. The van der Waals surface area contributed by atoms with Crippen molar-refractivity contribution in [3.63, 3.8) is 0 Å². The lowest BCUT2D eigenvalue weighted by molar-refractivity contribution is 0.0718. The summed E-state index contributed by atoms with van der Waals surface area (Å²) >= 11 is 0. The van der Waals surface area contributed by atoms with E-state index in [2.05, 4.69) is 15.0 Å². The van der Waals surface area contributed by atoms with E-state index in [1.807, 2.05) is 24.3 Å². The van der Waals surface area contributed by atoms with Crippen LogP contribution in [0.25, 0.3) is 0 Å². The summed E-state index contributed by atoms with van der Waals surface area (Å²) in [6.45, 7) is 2.67. The number of ether oxygens (including phenoxy) is 1. The highest BCUT2D eigenvalue weighted by Crippen LogP contribution is 2.34. The fourth-order valence-corrected chi connectivity index (χ4v) is 3.49. The molecule has 0 bridgehead atoms. The SMILES string of the molecule is COc1cccc(C2CN(C(=O)c3cc(C)ncc3O)Cc3[nH]cnc32)c1. The molecule has 3 heterocycles. The molecule has 138 valence electrons. The minimum Gasteiger partial charge on any atom is -0.505 e. The highest BCUT2D eigenvalue weighted by Gasteiger charge is 2.32. The Labute approximate surface area is 156 Å². The lowest BCUT2D eigenvalue weighted by Crippen LogP contribution is -2.38. The molecule has 1 atom stereocenters. The summed E-state index contributed by atoms with van der Waals surface area (Å²) in [5, 5.41) is 10.1. The molecule has 0 saturated carbocycles. The number of aromatic amines is 1. The summed E-state index contributed by atoms with van der Waals surface area (Å²) in [7, 11) is 1.63. The molecule has 1 aliphatic rings. The Morgan fingerprint density at radius 2 is 2.19 bits per heavy atom. The van der Waals surface area contributed by atoms with Crippen LogP contribution < -0.4 is 4.74 Å². The van der Waals surface area contributed by atoms with Crippen LogP contribution in [0.1, 0.15) is 38.9 Å². The zero-order chi connectivity index (χ0) is 19.0. The normalized spacial score (nSPS) is 16.1. The molecule has 1 aromatic carbocycles. The Hall–Kier alpha value is -3.35. The molecule has 1 unspecified atom stereocenters. The van der Waals surface area contributed by atoms with Crippen LogP contribution in [0, 0.1) is 6.92 Å². The summed E-state index contributed by atoms with van der Waals surface area (Å²) in [6, 6.07) is 9.40. The number of nitrogens with one attached hydrogen (secondary N) is 1. The molecule has 0 radical (unpaired) electrons. The first-order valence-electron chi connectivity index (χ1n) is 8.67. The molecular formula is C20H20N4O3. The van der Waals surface area contributed by atoms with Gasteiger partial charge in [0.15, 0.2) is 0 Å². The molecule has 0 aliphatic carbocycles. The van der Waals surface area contributed by atoms with Crippen molar-refractivity contribution >= 4 is 5.91 Å². The Morgan fingerprint density at radius 1 is 1.33 bits per heavy atom. The highest BCUT2D eigenvalue weighted by atomic mass is 16.5. The van der Waals surface area contributed by atoms with E-state index in [4.69, 9.17) is 4.74 Å². The number of methoxy groups -OCH3 is 1. The van der Waals surface area contributed by atoms with Gasteiger partial charge >= 0.3 is 0 Å². The predicted molar refractivity (Wildman–Crippen MR) is 98.8 cm³/mol. The molecule has 3 aromatic rings. The van der Waals surface area contributed by atoms with Crippen molar-refractivity contribution in [3.8, 4) is 11.5 Å². The third-order valence-corrected chi connectivity index (χ3v) is 4.87. The van der Waals surface area contributed by atoms with E-state index >= 15 is 0 Å². The minimum absolute atomic E-state index is 0.0795. The van der Waals surface area contributed by atoms with Gasteiger partial charge in [-0.2, -0.15) is 0 Å². The number of amides is 1. The number of rotatable bonds is 3. The molecule has 7 heteroatoms. The van der Waals surface area contributed by atoms with E-state index in [1.54, 1.807) is 31.3 Å². The van der Waals surface area contributed by atoms with Gasteiger partial charge in [0, 0.05) is 18.2 Å². The average molecular weight is 364 g/mol. The summed E-state index contributed by atoms with van der Waals surface area (Å²) in [5.74, 6) is 0.338. The second-order valence-electron chi connectivity index (χ2n) is 6.62. The van der Waals surface area contributed by atoms with Crippen molar-refractivity contribution in [2.45, 2.75) is 19.4 Å². The lowest BCUT2D eigenvalue weighted by Gasteiger charge is -2.32. The van der Waals surface area contributed by atoms with Gasteiger partial charge < -0.3 is 19.7 Å². The summed E-state index contributed by atoms with van der Waals surface area (Å²) < 4.78 is 5.34. The van der Waals surface area contributed by atoms with E-state index in [1.165, 1.54) is 6.20 Å². The predicted octanol–water partition coefficient (Wildman–Crippen LogP) is 2.62. The largest absolute Gasteiger partial charge is 0.505 e. The number of aryl methyl sites for hydroxylation is 1. The minimum atomic E-state index is -0.230. The third kappa shape index (κ3) is 3.12. The molecule has 4 rings (SSSR count). The Bertz CT molecular complexity index is 998. The number of pyridine rings is 1. The van der Waals surface area contributed by atoms with E-state index in [-0.39, 0.29) is 23.1 Å². The van der Waals surface area contributed by atoms with Crippen molar-refractivity contribution < 1.29 is 14.6 Å². The smallest absolute Gasteiger partial charge is 0.258 e. The molecule has 27 heavy (non-hydrogen) atoms. The maximum atomic E-state index is 13.1. The van der Waals surface area contributed by atoms with Crippen LogP contribution in [0.3, 0.4) is 0 Å². The number of nitrogens with zero attached hydrogens (tertiary/aromatic N) is 3. The number of carbonyl (C=O) groups excluding carboxylic acids is 1. The number of aromatic nitrogens is 3. The average Bonchev–Trinajstić information content (AvgIpc) is 3.17. The van der Waals surface area contributed by atoms with Gasteiger partial charge in [0.1, 0.15) is 11.5 Å². The first-order chi connectivity index (χ1) is 13.1. The fraction of sp³-hybridized carbons (Fsp3) is 0.250. The Balaban J connectivity index is 1.71. The van der Waals surface area contributed by atoms with E-state index in [0.29, 0.717) is 18.8 Å². The van der Waals surface area contributed by atoms with Crippen LogP contribution in [0.15, 0.2) is 42.9 Å². The van der Waals surface area contributed by atoms with E-state index in [9.17, 15) is 9.90 Å². The van der Waals surface area contributed by atoms with Gasteiger partial charge in [0.25, 0.3) is 5.91 Å². The van der Waals surface area contributed by atoms with Gasteiger partial charge in [-0.3, -0.25) is 9.78 Å². The van der Waals surface area contributed by atoms with Crippen LogP contribution in [-0.2, 0) is 6.54 Å². The second-order valence-corrected chi connectivity index (χ2v) is 6.62. The first-order valence-corrected chi connectivity index (χ1v) is 8.67. The van der Waals surface area contributed by atoms with Crippen LogP contribution in [0.5, 0.6) is 11.5 Å². The van der Waals surface area contributed by atoms with Crippen molar-refractivity contribution in [3.05, 3.63) is 71.1 Å². The number of H-pyrrole nitrogens is 1. The highest BCUT2D eigenvalue weighted by molar-refractivity contribution is 5.97. The number of carbonyl (C=O) groups is 1. The zero-order valence-corrected chi connectivity index (χ0v) is 15.1. The van der Waals surface area contributed by atoms with Crippen LogP contribution >= 0.6 is 0 Å². The maximum Gasteiger partial charge on any atom is 0.258 e. The lowest BCUT2D eigenvalue weighted by atomic mass is 9.90. The van der Waals surface area contributed by atoms with Crippen LogP contribution in [0.2, 0.25) is 0 Å². The van der Waals surface area contributed by atoms with Gasteiger partial charge in [-0.05, 0) is 30.7 Å². The number of aromatic hydroxyl groups is 1. The van der Waals surface area contributed by atoms with Gasteiger partial charge in [0.2, 0.25) is 0 Å². The molecule has 0 saturated heterocycles. The van der Waals surface area contributed by atoms with E-state index < -0.39 is 0 Å². The second kappa shape index (κ2) is 6.75. The molecule has 1 amide bonds. The monoisotopic (exact) mass is 364 g/mol. The quantitative estimate of drug-likeness (QED) is 0.745. The molecule has 2 N–H and O–H groups in total. The van der Waals surface area contributed by atoms with Crippen molar-refractivity contribution in [1.29, 1.82) is 0 Å². The van der Waals surface area contributed by atoms with Gasteiger partial charge in [0.05, 0.1) is 43.1 Å². The van der Waals surface area contributed by atoms with Gasteiger partial charge in [-0.1, -0.05) is 12.1 Å². The first kappa shape index (κ1) is 17.1. The fourth-order valence-electron chi connectivity index (χ4n) is 3.49. The Morgan fingerprint density at radius 3 is 3.00 bits per heavy atom. The van der Waals surface area contributed by atoms with E-state index in [0.717, 1.165) is 22.7 Å². The summed E-state index contributed by atoms with van der Waals surface area (Å²) in [4.78, 5) is 26.4. The van der Waals surface area contributed by atoms with Crippen molar-refractivity contribution in [2.24, 2.45) is 0 Å². The third-order valence-electron chi connectivity index (χ3n) is 4.87. The van der Waals surface area contributed by atoms with Crippen LogP contribution in [0.4, 0.5) is 0 Å². The Kier molecular flexibility index (Phi) is 4.27. The maximum absolute atomic E-state index is 13.1. The number of fused-ring (bicyclic) bond motifs is 1. The molecule has 0 fully saturated rings.